The van der Waals surface area contributed by atoms with E-state index in [0.717, 1.165) is 10.1 Å². The molecule has 0 bridgehead atoms. The van der Waals surface area contributed by atoms with Crippen LogP contribution >= 0.6 is 11.8 Å². The van der Waals surface area contributed by atoms with E-state index in [9.17, 15) is 4.79 Å². The molecular weight excluding hydrogens is 224 g/mol. The molecule has 1 aromatic carbocycles. The number of hydrogen-bond donors (Lipinski definition) is 1. The Hall–Kier alpha value is -1.75. The molecule has 2 rings (SSSR count). The average molecular weight is 234 g/mol. The molecule has 0 aliphatic heterocycles. The molecule has 1 heterocycles. The Kier molecular flexibility index (Phi) is 2.96. The lowest BCUT2D eigenvalue weighted by molar-refractivity contribution is 0.0697. The van der Waals surface area contributed by atoms with E-state index in [4.69, 9.17) is 5.11 Å². The lowest BCUT2D eigenvalue weighted by Crippen LogP contribution is -1.95. The van der Waals surface area contributed by atoms with Crippen LogP contribution in [-0.4, -0.2) is 20.6 Å². The summed E-state index contributed by atoms with van der Waals surface area (Å²) in [7, 11) is 1.92. The number of aromatic carboxylic acids is 1. The van der Waals surface area contributed by atoms with Crippen molar-refractivity contribution in [3.05, 3.63) is 42.2 Å². The quantitative estimate of drug-likeness (QED) is 0.885. The lowest BCUT2D eigenvalue weighted by Gasteiger charge is -2.01. The van der Waals surface area contributed by atoms with Crippen LogP contribution in [0.2, 0.25) is 0 Å². The van der Waals surface area contributed by atoms with E-state index in [1.54, 1.807) is 30.5 Å². The highest BCUT2D eigenvalue weighted by atomic mass is 32.2. The largest absolute Gasteiger partial charge is 0.478 e. The Morgan fingerprint density at radius 2 is 2.06 bits per heavy atom. The Morgan fingerprint density at radius 3 is 2.56 bits per heavy atom. The maximum atomic E-state index is 10.7. The van der Waals surface area contributed by atoms with Crippen LogP contribution in [0.1, 0.15) is 10.4 Å². The predicted octanol–water partition coefficient (Wildman–Crippen LogP) is 2.27. The van der Waals surface area contributed by atoms with Gasteiger partial charge in [-0.25, -0.2) is 9.78 Å². The molecule has 0 amide bonds. The fourth-order valence-corrected chi connectivity index (χ4v) is 2.02. The fourth-order valence-electron chi connectivity index (χ4n) is 1.22. The summed E-state index contributed by atoms with van der Waals surface area (Å²) < 4.78 is 1.91. The summed E-state index contributed by atoms with van der Waals surface area (Å²) in [5, 5.41) is 9.63. The third-order valence-corrected chi connectivity index (χ3v) is 3.17. The van der Waals surface area contributed by atoms with Crippen molar-refractivity contribution >= 4 is 17.7 Å². The molecular formula is C11H10N2O2S. The van der Waals surface area contributed by atoms with Gasteiger partial charge in [-0.3, -0.25) is 0 Å². The summed E-state index contributed by atoms with van der Waals surface area (Å²) in [6.07, 6.45) is 3.60. The van der Waals surface area contributed by atoms with E-state index >= 15 is 0 Å². The van der Waals surface area contributed by atoms with Crippen molar-refractivity contribution in [3.8, 4) is 0 Å². The minimum absolute atomic E-state index is 0.296. The van der Waals surface area contributed by atoms with Crippen molar-refractivity contribution in [3.63, 3.8) is 0 Å². The molecule has 0 saturated heterocycles. The minimum Gasteiger partial charge on any atom is -0.478 e. The van der Waals surface area contributed by atoms with Crippen LogP contribution < -0.4 is 0 Å². The number of aromatic nitrogens is 2. The second-order valence-electron chi connectivity index (χ2n) is 3.25. The number of hydrogen-bond acceptors (Lipinski definition) is 3. The van der Waals surface area contributed by atoms with Crippen molar-refractivity contribution < 1.29 is 9.90 Å². The van der Waals surface area contributed by atoms with Crippen LogP contribution in [0.5, 0.6) is 0 Å². The zero-order chi connectivity index (χ0) is 11.5. The van der Waals surface area contributed by atoms with Gasteiger partial charge in [0.25, 0.3) is 0 Å². The number of nitrogens with zero attached hydrogens (tertiary/aromatic N) is 2. The summed E-state index contributed by atoms with van der Waals surface area (Å²) in [5.41, 5.74) is 0.296. The third kappa shape index (κ3) is 2.25. The molecule has 1 N–H and O–H groups in total. The van der Waals surface area contributed by atoms with Gasteiger partial charge in [0, 0.05) is 24.3 Å². The first-order valence-corrected chi connectivity index (χ1v) is 5.47. The third-order valence-electron chi connectivity index (χ3n) is 2.09. The van der Waals surface area contributed by atoms with E-state index in [1.165, 1.54) is 11.8 Å². The van der Waals surface area contributed by atoms with Gasteiger partial charge in [-0.1, -0.05) is 11.8 Å². The normalized spacial score (nSPS) is 10.3. The summed E-state index contributed by atoms with van der Waals surface area (Å²) in [6.45, 7) is 0. The van der Waals surface area contributed by atoms with Crippen LogP contribution in [0.3, 0.4) is 0 Å². The van der Waals surface area contributed by atoms with Gasteiger partial charge in [0.05, 0.1) is 5.56 Å². The molecule has 0 atom stereocenters. The van der Waals surface area contributed by atoms with Gasteiger partial charge in [-0.15, -0.1) is 0 Å². The molecule has 4 nitrogen and oxygen atoms in total. The highest BCUT2D eigenvalue weighted by Gasteiger charge is 2.04. The molecule has 0 saturated carbocycles. The van der Waals surface area contributed by atoms with Crippen LogP contribution in [0.15, 0.2) is 46.7 Å². The maximum absolute atomic E-state index is 10.7. The molecule has 16 heavy (non-hydrogen) atoms. The van der Waals surface area contributed by atoms with Crippen molar-refractivity contribution in [2.45, 2.75) is 10.1 Å². The molecule has 82 valence electrons. The van der Waals surface area contributed by atoms with E-state index in [0.29, 0.717) is 5.56 Å². The van der Waals surface area contributed by atoms with Gasteiger partial charge in [-0.2, -0.15) is 0 Å². The minimum atomic E-state index is -0.909. The summed E-state index contributed by atoms with van der Waals surface area (Å²) in [6, 6.07) is 6.74. The first-order valence-electron chi connectivity index (χ1n) is 4.65. The molecule has 0 radical (unpaired) electrons. The second-order valence-corrected chi connectivity index (χ2v) is 4.29. The first kappa shape index (κ1) is 10.8. The van der Waals surface area contributed by atoms with Gasteiger partial charge in [0.15, 0.2) is 5.16 Å². The Balaban J connectivity index is 2.17. The molecule has 0 aliphatic rings. The second kappa shape index (κ2) is 4.40. The SMILES string of the molecule is Cn1ccnc1Sc1ccc(C(=O)O)cc1. The average Bonchev–Trinajstić information content (AvgIpc) is 2.65. The summed E-state index contributed by atoms with van der Waals surface area (Å²) >= 11 is 1.50. The first-order chi connectivity index (χ1) is 7.66. The molecule has 2 aromatic rings. The molecule has 0 fully saturated rings. The Bertz CT molecular complexity index is 505. The standard InChI is InChI=1S/C11H10N2O2S/c1-13-7-6-12-11(13)16-9-4-2-8(3-5-9)10(14)15/h2-7H,1H3,(H,14,15). The van der Waals surface area contributed by atoms with Crippen molar-refractivity contribution in [2.24, 2.45) is 7.05 Å². The number of rotatable bonds is 3. The Labute approximate surface area is 96.9 Å². The number of carboxylic acid groups (broad SMARTS) is 1. The monoisotopic (exact) mass is 234 g/mol. The van der Waals surface area contributed by atoms with Crippen molar-refractivity contribution in [1.82, 2.24) is 9.55 Å². The van der Waals surface area contributed by atoms with Gasteiger partial charge >= 0.3 is 5.97 Å². The topological polar surface area (TPSA) is 55.1 Å². The zero-order valence-electron chi connectivity index (χ0n) is 8.62. The van der Waals surface area contributed by atoms with Crippen LogP contribution in [0, 0.1) is 0 Å². The number of imidazole rings is 1. The van der Waals surface area contributed by atoms with E-state index in [2.05, 4.69) is 4.98 Å². The van der Waals surface area contributed by atoms with Gasteiger partial charge < -0.3 is 9.67 Å². The highest BCUT2D eigenvalue weighted by Crippen LogP contribution is 2.25. The van der Waals surface area contributed by atoms with Crippen LogP contribution in [-0.2, 0) is 7.05 Å². The van der Waals surface area contributed by atoms with Gasteiger partial charge in [0.1, 0.15) is 0 Å². The maximum Gasteiger partial charge on any atom is 0.335 e. The van der Waals surface area contributed by atoms with Crippen molar-refractivity contribution in [2.75, 3.05) is 0 Å². The van der Waals surface area contributed by atoms with Gasteiger partial charge in [0.2, 0.25) is 0 Å². The lowest BCUT2D eigenvalue weighted by atomic mass is 10.2. The zero-order valence-corrected chi connectivity index (χ0v) is 9.44. The highest BCUT2D eigenvalue weighted by molar-refractivity contribution is 7.99. The van der Waals surface area contributed by atoms with Crippen LogP contribution in [0.4, 0.5) is 0 Å². The van der Waals surface area contributed by atoms with E-state index in [-0.39, 0.29) is 0 Å². The number of benzene rings is 1. The molecule has 5 heteroatoms. The predicted molar refractivity (Wildman–Crippen MR) is 60.7 cm³/mol. The van der Waals surface area contributed by atoms with E-state index in [1.807, 2.05) is 17.8 Å². The summed E-state index contributed by atoms with van der Waals surface area (Å²) in [4.78, 5) is 15.8. The molecule has 1 aromatic heterocycles. The Morgan fingerprint density at radius 1 is 1.38 bits per heavy atom. The van der Waals surface area contributed by atoms with Gasteiger partial charge in [-0.05, 0) is 24.3 Å². The smallest absolute Gasteiger partial charge is 0.335 e. The van der Waals surface area contributed by atoms with Crippen LogP contribution in [0.25, 0.3) is 0 Å². The summed E-state index contributed by atoms with van der Waals surface area (Å²) in [5.74, 6) is -0.909. The number of aryl methyl sites for hydroxylation is 1. The van der Waals surface area contributed by atoms with Crippen molar-refractivity contribution in [1.29, 1.82) is 0 Å². The molecule has 0 unspecified atom stereocenters. The molecule has 0 aliphatic carbocycles. The molecule has 0 spiro atoms. The van der Waals surface area contributed by atoms with E-state index < -0.39 is 5.97 Å². The number of carbonyl (C=O) groups is 1. The fraction of sp³-hybridized carbons (Fsp3) is 0.0909. The number of carboxylic acids is 1.